The highest BCUT2D eigenvalue weighted by Crippen LogP contribution is 2.37. The first-order valence-corrected chi connectivity index (χ1v) is 11.6. The Labute approximate surface area is 190 Å². The van der Waals surface area contributed by atoms with Crippen LogP contribution in [0.4, 0.5) is 0 Å². The van der Waals surface area contributed by atoms with Gasteiger partial charge in [0.05, 0.1) is 13.2 Å². The van der Waals surface area contributed by atoms with Crippen LogP contribution < -0.4 is 9.47 Å². The van der Waals surface area contributed by atoms with Gasteiger partial charge in [-0.25, -0.2) is 0 Å². The van der Waals surface area contributed by atoms with E-state index in [9.17, 15) is 0 Å². The summed E-state index contributed by atoms with van der Waals surface area (Å²) >= 11 is 0. The molecule has 3 aliphatic rings. The summed E-state index contributed by atoms with van der Waals surface area (Å²) in [6, 6.07) is 15.0. The van der Waals surface area contributed by atoms with Gasteiger partial charge in [-0.2, -0.15) is 0 Å². The molecule has 168 valence electrons. The van der Waals surface area contributed by atoms with E-state index in [1.54, 1.807) is 0 Å². The van der Waals surface area contributed by atoms with Crippen LogP contribution in [0.25, 0.3) is 5.57 Å². The molecule has 0 bridgehead atoms. The maximum absolute atomic E-state index is 6.07. The van der Waals surface area contributed by atoms with Crippen molar-refractivity contribution in [2.45, 2.75) is 50.7 Å². The van der Waals surface area contributed by atoms with E-state index in [1.165, 1.54) is 22.3 Å². The predicted molar refractivity (Wildman–Crippen MR) is 127 cm³/mol. The number of allylic oxidation sites excluding steroid dienone is 4. The van der Waals surface area contributed by atoms with E-state index in [0.717, 1.165) is 31.1 Å². The van der Waals surface area contributed by atoms with Gasteiger partial charge in [0, 0.05) is 11.5 Å². The molecule has 3 unspecified atom stereocenters. The largest absolute Gasteiger partial charge is 0.491 e. The topological polar surface area (TPSA) is 43.5 Å². The van der Waals surface area contributed by atoms with Crippen molar-refractivity contribution in [3.8, 4) is 11.5 Å². The summed E-state index contributed by atoms with van der Waals surface area (Å²) in [7, 11) is 0. The SMILES string of the molecule is CC(C)(C)c1cc(C2=CCC(c3ccc(OCC4CO4)cc3)C=C2)ccc1OCC1CO1. The molecule has 1 aliphatic carbocycles. The molecule has 0 saturated carbocycles. The smallest absolute Gasteiger partial charge is 0.123 e. The quantitative estimate of drug-likeness (QED) is 0.505. The lowest BCUT2D eigenvalue weighted by Gasteiger charge is -2.24. The van der Waals surface area contributed by atoms with E-state index >= 15 is 0 Å². The van der Waals surface area contributed by atoms with Crippen molar-refractivity contribution < 1.29 is 18.9 Å². The number of epoxide rings is 2. The van der Waals surface area contributed by atoms with Crippen LogP contribution in [0.5, 0.6) is 11.5 Å². The van der Waals surface area contributed by atoms with Crippen molar-refractivity contribution in [2.75, 3.05) is 26.4 Å². The second kappa shape index (κ2) is 8.76. The van der Waals surface area contributed by atoms with Gasteiger partial charge in [-0.3, -0.25) is 0 Å². The van der Waals surface area contributed by atoms with Gasteiger partial charge in [-0.1, -0.05) is 57.2 Å². The summed E-state index contributed by atoms with van der Waals surface area (Å²) in [4.78, 5) is 0. The van der Waals surface area contributed by atoms with Crippen LogP contribution in [0, 0.1) is 0 Å². The average molecular weight is 433 g/mol. The van der Waals surface area contributed by atoms with E-state index in [2.05, 4.69) is 81.5 Å². The van der Waals surface area contributed by atoms with Crippen molar-refractivity contribution in [1.82, 2.24) is 0 Å². The number of hydrogen-bond donors (Lipinski definition) is 0. The van der Waals surface area contributed by atoms with Crippen LogP contribution in [0.15, 0.2) is 60.7 Å². The zero-order valence-corrected chi connectivity index (χ0v) is 19.2. The Kier molecular flexibility index (Phi) is 5.83. The maximum Gasteiger partial charge on any atom is 0.123 e. The Morgan fingerprint density at radius 3 is 2.19 bits per heavy atom. The lowest BCUT2D eigenvalue weighted by Crippen LogP contribution is -2.15. The molecule has 2 fully saturated rings. The van der Waals surface area contributed by atoms with Gasteiger partial charge in [0.2, 0.25) is 0 Å². The minimum Gasteiger partial charge on any atom is -0.491 e. The fraction of sp³-hybridized carbons (Fsp3) is 0.429. The first-order valence-electron chi connectivity index (χ1n) is 11.6. The molecule has 4 nitrogen and oxygen atoms in total. The highest BCUT2D eigenvalue weighted by molar-refractivity contribution is 5.76. The Morgan fingerprint density at radius 1 is 0.906 bits per heavy atom. The fourth-order valence-corrected chi connectivity index (χ4v) is 4.01. The molecular weight excluding hydrogens is 400 g/mol. The number of rotatable bonds is 8. The van der Waals surface area contributed by atoms with Crippen LogP contribution in [-0.2, 0) is 14.9 Å². The summed E-state index contributed by atoms with van der Waals surface area (Å²) in [5.41, 5.74) is 5.07. The molecule has 5 rings (SSSR count). The molecule has 2 aromatic rings. The van der Waals surface area contributed by atoms with Gasteiger partial charge in [-0.15, -0.1) is 0 Å². The Balaban J connectivity index is 1.26. The second-order valence-electron chi connectivity index (χ2n) is 9.92. The van der Waals surface area contributed by atoms with Crippen LogP contribution in [-0.4, -0.2) is 38.6 Å². The van der Waals surface area contributed by atoms with E-state index in [-0.39, 0.29) is 17.6 Å². The lowest BCUT2D eigenvalue weighted by molar-refractivity contribution is 0.258. The highest BCUT2D eigenvalue weighted by atomic mass is 16.6. The monoisotopic (exact) mass is 432 g/mol. The van der Waals surface area contributed by atoms with Crippen LogP contribution in [0.2, 0.25) is 0 Å². The van der Waals surface area contributed by atoms with E-state index < -0.39 is 0 Å². The van der Waals surface area contributed by atoms with Gasteiger partial charge < -0.3 is 18.9 Å². The molecule has 0 radical (unpaired) electrons. The van der Waals surface area contributed by atoms with Gasteiger partial charge in [0.25, 0.3) is 0 Å². The number of ether oxygens (including phenoxy) is 4. The fourth-order valence-electron chi connectivity index (χ4n) is 4.01. The average Bonchev–Trinajstić information content (AvgIpc) is 3.71. The van der Waals surface area contributed by atoms with Crippen molar-refractivity contribution in [1.29, 1.82) is 0 Å². The molecule has 32 heavy (non-hydrogen) atoms. The summed E-state index contributed by atoms with van der Waals surface area (Å²) in [6.07, 6.45) is 8.45. The normalized spacial score (nSPS) is 24.1. The molecular formula is C28H32O4. The van der Waals surface area contributed by atoms with Gasteiger partial charge >= 0.3 is 0 Å². The van der Waals surface area contributed by atoms with Gasteiger partial charge in [-0.05, 0) is 52.8 Å². The zero-order chi connectivity index (χ0) is 22.1. The maximum atomic E-state index is 6.07. The Bertz CT molecular complexity index is 1000. The third-order valence-electron chi connectivity index (χ3n) is 6.19. The molecule has 0 amide bonds. The minimum atomic E-state index is 0.00662. The molecule has 0 N–H and O–H groups in total. The summed E-state index contributed by atoms with van der Waals surface area (Å²) in [5, 5.41) is 0. The van der Waals surface area contributed by atoms with Crippen LogP contribution in [0.3, 0.4) is 0 Å². The zero-order valence-electron chi connectivity index (χ0n) is 19.2. The second-order valence-corrected chi connectivity index (χ2v) is 9.92. The molecule has 0 spiro atoms. The molecule has 2 aromatic carbocycles. The van der Waals surface area contributed by atoms with Crippen molar-refractivity contribution in [2.24, 2.45) is 0 Å². The van der Waals surface area contributed by atoms with Crippen molar-refractivity contribution >= 4 is 5.57 Å². The highest BCUT2D eigenvalue weighted by Gasteiger charge is 2.26. The van der Waals surface area contributed by atoms with E-state index in [0.29, 0.717) is 19.1 Å². The molecule has 2 heterocycles. The number of benzene rings is 2. The first kappa shape index (κ1) is 21.3. The van der Waals surface area contributed by atoms with Crippen LogP contribution in [0.1, 0.15) is 49.8 Å². The predicted octanol–water partition coefficient (Wildman–Crippen LogP) is 5.67. The summed E-state index contributed by atoms with van der Waals surface area (Å²) in [6.45, 7) is 9.61. The lowest BCUT2D eigenvalue weighted by atomic mass is 9.83. The summed E-state index contributed by atoms with van der Waals surface area (Å²) < 4.78 is 22.3. The Hall–Kier alpha value is -2.56. The van der Waals surface area contributed by atoms with E-state index in [4.69, 9.17) is 18.9 Å². The minimum absolute atomic E-state index is 0.00662. The van der Waals surface area contributed by atoms with Gasteiger partial charge in [0.1, 0.15) is 36.9 Å². The molecule has 0 aromatic heterocycles. The van der Waals surface area contributed by atoms with Gasteiger partial charge in [0.15, 0.2) is 0 Å². The molecule has 2 saturated heterocycles. The third-order valence-corrected chi connectivity index (χ3v) is 6.19. The molecule has 4 heteroatoms. The molecule has 2 aliphatic heterocycles. The standard InChI is InChI=1S/C28H32O4/c1-28(2,3)26-14-22(10-13-27(26)32-18-25-17-31-25)21-6-4-19(5-7-21)20-8-11-23(12-9-20)29-15-24-16-30-24/h4,6-14,19,24-25H,5,15-18H2,1-3H3. The first-order chi connectivity index (χ1) is 15.5. The molecule has 3 atom stereocenters. The Morgan fingerprint density at radius 2 is 1.59 bits per heavy atom. The number of hydrogen-bond acceptors (Lipinski definition) is 4. The van der Waals surface area contributed by atoms with E-state index in [1.807, 2.05) is 0 Å². The van der Waals surface area contributed by atoms with Crippen molar-refractivity contribution in [3.63, 3.8) is 0 Å². The van der Waals surface area contributed by atoms with Crippen LogP contribution >= 0.6 is 0 Å². The van der Waals surface area contributed by atoms with Crippen molar-refractivity contribution in [3.05, 3.63) is 77.4 Å². The third kappa shape index (κ3) is 5.25. The summed E-state index contributed by atoms with van der Waals surface area (Å²) in [5.74, 6) is 2.26.